The van der Waals surface area contributed by atoms with Gasteiger partial charge in [-0.25, -0.2) is 0 Å². The van der Waals surface area contributed by atoms with Crippen molar-refractivity contribution in [2.24, 2.45) is 0 Å². The standard InChI is InChI=1S/C17H21NOS/c1-2-12-6-7-13(18-11-12)10-16(19)14-4-3-5-17-15(14)8-9-20-17/h6-9,11,14,16,19H,2-5,10H2,1H3. The highest BCUT2D eigenvalue weighted by Crippen LogP contribution is 2.37. The minimum Gasteiger partial charge on any atom is -0.392 e. The van der Waals surface area contributed by atoms with Crippen molar-refractivity contribution in [1.82, 2.24) is 4.98 Å². The molecule has 0 radical (unpaired) electrons. The molecule has 2 heterocycles. The third-order valence-corrected chi connectivity index (χ3v) is 5.27. The molecule has 0 aliphatic heterocycles. The van der Waals surface area contributed by atoms with E-state index < -0.39 is 0 Å². The van der Waals surface area contributed by atoms with Crippen molar-refractivity contribution in [2.45, 2.75) is 51.0 Å². The summed E-state index contributed by atoms with van der Waals surface area (Å²) in [5.74, 6) is 0.289. The van der Waals surface area contributed by atoms with Gasteiger partial charge in [0.15, 0.2) is 0 Å². The van der Waals surface area contributed by atoms with E-state index in [0.717, 1.165) is 18.5 Å². The maximum atomic E-state index is 10.6. The number of rotatable bonds is 4. The highest BCUT2D eigenvalue weighted by molar-refractivity contribution is 7.10. The molecule has 2 atom stereocenters. The highest BCUT2D eigenvalue weighted by Gasteiger charge is 2.27. The van der Waals surface area contributed by atoms with Crippen LogP contribution in [0, 0.1) is 0 Å². The number of hydrogen-bond donors (Lipinski definition) is 1. The molecule has 1 aliphatic carbocycles. The lowest BCUT2D eigenvalue weighted by Gasteiger charge is -2.27. The normalized spacial score (nSPS) is 19.6. The van der Waals surface area contributed by atoms with E-state index in [2.05, 4.69) is 35.5 Å². The summed E-state index contributed by atoms with van der Waals surface area (Å²) in [4.78, 5) is 5.94. The average molecular weight is 287 g/mol. The third kappa shape index (κ3) is 2.79. The molecular formula is C17H21NOS. The Kier molecular flexibility index (Phi) is 4.18. The number of nitrogens with zero attached hydrogens (tertiary/aromatic N) is 1. The molecule has 0 spiro atoms. The summed E-state index contributed by atoms with van der Waals surface area (Å²) in [5.41, 5.74) is 3.62. The number of fused-ring (bicyclic) bond motifs is 1. The van der Waals surface area contributed by atoms with Gasteiger partial charge >= 0.3 is 0 Å². The zero-order valence-corrected chi connectivity index (χ0v) is 12.7. The van der Waals surface area contributed by atoms with Crippen LogP contribution in [-0.2, 0) is 19.3 Å². The molecule has 2 aromatic heterocycles. The van der Waals surface area contributed by atoms with Gasteiger partial charge in [-0.1, -0.05) is 13.0 Å². The van der Waals surface area contributed by atoms with E-state index in [0.29, 0.717) is 6.42 Å². The monoisotopic (exact) mass is 287 g/mol. The molecule has 106 valence electrons. The van der Waals surface area contributed by atoms with Gasteiger partial charge in [-0.15, -0.1) is 11.3 Å². The molecule has 2 nitrogen and oxygen atoms in total. The first-order chi connectivity index (χ1) is 9.78. The summed E-state index contributed by atoms with van der Waals surface area (Å²) >= 11 is 1.83. The smallest absolute Gasteiger partial charge is 0.0664 e. The third-order valence-electron chi connectivity index (χ3n) is 4.28. The van der Waals surface area contributed by atoms with Crippen molar-refractivity contribution in [1.29, 1.82) is 0 Å². The van der Waals surface area contributed by atoms with Crippen LogP contribution < -0.4 is 0 Å². The summed E-state index contributed by atoms with van der Waals surface area (Å²) in [6.07, 6.45) is 6.75. The van der Waals surface area contributed by atoms with Gasteiger partial charge in [-0.05, 0) is 54.3 Å². The number of aliphatic hydroxyl groups is 1. The largest absolute Gasteiger partial charge is 0.392 e. The SMILES string of the molecule is CCc1ccc(CC(O)C2CCCc3sccc32)nc1. The lowest BCUT2D eigenvalue weighted by molar-refractivity contribution is 0.134. The number of pyridine rings is 1. The number of thiophene rings is 1. The molecule has 0 saturated carbocycles. The van der Waals surface area contributed by atoms with Crippen molar-refractivity contribution < 1.29 is 5.11 Å². The van der Waals surface area contributed by atoms with Gasteiger partial charge in [0, 0.05) is 29.1 Å². The maximum absolute atomic E-state index is 10.6. The van der Waals surface area contributed by atoms with Crippen molar-refractivity contribution in [3.8, 4) is 0 Å². The predicted octanol–water partition coefficient (Wildman–Crippen LogP) is 3.73. The molecule has 0 amide bonds. The number of aliphatic hydroxyl groups excluding tert-OH is 1. The Morgan fingerprint density at radius 1 is 1.40 bits per heavy atom. The van der Waals surface area contributed by atoms with Gasteiger partial charge in [-0.3, -0.25) is 4.98 Å². The average Bonchev–Trinajstić information content (AvgIpc) is 2.96. The van der Waals surface area contributed by atoms with Crippen LogP contribution in [0.3, 0.4) is 0 Å². The Labute approximate surface area is 124 Å². The van der Waals surface area contributed by atoms with Crippen LogP contribution in [0.1, 0.15) is 47.4 Å². The Balaban J connectivity index is 1.72. The van der Waals surface area contributed by atoms with Gasteiger partial charge in [0.2, 0.25) is 0 Å². The van der Waals surface area contributed by atoms with E-state index in [4.69, 9.17) is 0 Å². The van der Waals surface area contributed by atoms with Gasteiger partial charge < -0.3 is 5.11 Å². The molecule has 0 saturated heterocycles. The van der Waals surface area contributed by atoms with Crippen LogP contribution in [0.15, 0.2) is 29.8 Å². The van der Waals surface area contributed by atoms with Crippen LogP contribution >= 0.6 is 11.3 Å². The fourth-order valence-electron chi connectivity index (χ4n) is 3.06. The van der Waals surface area contributed by atoms with Crippen molar-refractivity contribution in [2.75, 3.05) is 0 Å². The van der Waals surface area contributed by atoms with Crippen molar-refractivity contribution in [3.05, 3.63) is 51.5 Å². The van der Waals surface area contributed by atoms with E-state index >= 15 is 0 Å². The van der Waals surface area contributed by atoms with Gasteiger partial charge in [0.25, 0.3) is 0 Å². The van der Waals surface area contributed by atoms with Gasteiger partial charge in [-0.2, -0.15) is 0 Å². The summed E-state index contributed by atoms with van der Waals surface area (Å²) < 4.78 is 0. The zero-order chi connectivity index (χ0) is 13.9. The summed E-state index contributed by atoms with van der Waals surface area (Å²) in [5, 5.41) is 12.7. The Morgan fingerprint density at radius 2 is 2.30 bits per heavy atom. The second-order valence-corrected chi connectivity index (χ2v) is 6.58. The molecular weight excluding hydrogens is 266 g/mol. The second kappa shape index (κ2) is 6.06. The number of hydrogen-bond acceptors (Lipinski definition) is 3. The first kappa shape index (κ1) is 13.8. The molecule has 1 N–H and O–H groups in total. The topological polar surface area (TPSA) is 33.1 Å². The molecule has 3 heteroatoms. The zero-order valence-electron chi connectivity index (χ0n) is 11.9. The van der Waals surface area contributed by atoms with Crippen LogP contribution in [0.25, 0.3) is 0 Å². The number of aromatic nitrogens is 1. The quantitative estimate of drug-likeness (QED) is 0.929. The minimum absolute atomic E-state index is 0.289. The highest BCUT2D eigenvalue weighted by atomic mass is 32.1. The van der Waals surface area contributed by atoms with E-state index in [1.165, 1.54) is 28.8 Å². The molecule has 20 heavy (non-hydrogen) atoms. The van der Waals surface area contributed by atoms with Crippen LogP contribution in [-0.4, -0.2) is 16.2 Å². The van der Waals surface area contributed by atoms with E-state index in [-0.39, 0.29) is 12.0 Å². The summed E-state index contributed by atoms with van der Waals surface area (Å²) in [7, 11) is 0. The van der Waals surface area contributed by atoms with Gasteiger partial charge in [0.05, 0.1) is 6.10 Å². The van der Waals surface area contributed by atoms with Gasteiger partial charge in [0.1, 0.15) is 0 Å². The Bertz CT molecular complexity index is 561. The first-order valence-corrected chi connectivity index (χ1v) is 8.34. The fraction of sp³-hybridized carbons (Fsp3) is 0.471. The maximum Gasteiger partial charge on any atom is 0.0664 e. The molecule has 2 unspecified atom stereocenters. The van der Waals surface area contributed by atoms with Crippen LogP contribution in [0.2, 0.25) is 0 Å². The molecule has 2 aromatic rings. The summed E-state index contributed by atoms with van der Waals surface area (Å²) in [6, 6.07) is 6.37. The Hall–Kier alpha value is -1.19. The Morgan fingerprint density at radius 3 is 3.05 bits per heavy atom. The molecule has 1 aliphatic rings. The molecule has 0 bridgehead atoms. The van der Waals surface area contributed by atoms with E-state index in [1.807, 2.05) is 17.5 Å². The van der Waals surface area contributed by atoms with E-state index in [9.17, 15) is 5.11 Å². The van der Waals surface area contributed by atoms with Crippen LogP contribution in [0.4, 0.5) is 0 Å². The predicted molar refractivity (Wildman–Crippen MR) is 83.3 cm³/mol. The molecule has 0 fully saturated rings. The first-order valence-electron chi connectivity index (χ1n) is 7.46. The van der Waals surface area contributed by atoms with Crippen molar-refractivity contribution in [3.63, 3.8) is 0 Å². The van der Waals surface area contributed by atoms with Crippen molar-refractivity contribution >= 4 is 11.3 Å². The fourth-order valence-corrected chi connectivity index (χ4v) is 4.06. The molecule has 0 aromatic carbocycles. The lowest BCUT2D eigenvalue weighted by atomic mass is 9.82. The summed E-state index contributed by atoms with van der Waals surface area (Å²) in [6.45, 7) is 2.13. The minimum atomic E-state index is -0.316. The number of aryl methyl sites for hydroxylation is 2. The second-order valence-electron chi connectivity index (χ2n) is 5.58. The lowest BCUT2D eigenvalue weighted by Crippen LogP contribution is -2.24. The molecule has 3 rings (SSSR count). The van der Waals surface area contributed by atoms with E-state index in [1.54, 1.807) is 0 Å². The van der Waals surface area contributed by atoms with Crippen LogP contribution in [0.5, 0.6) is 0 Å².